The number of hydrogen-bond acceptors (Lipinski definition) is 11. The number of aromatic amines is 2. The van der Waals surface area contributed by atoms with Gasteiger partial charge in [-0.1, -0.05) is 24.3 Å². The Kier molecular flexibility index (Phi) is 9.67. The molecule has 17 nitrogen and oxygen atoms in total. The van der Waals surface area contributed by atoms with E-state index in [-0.39, 0.29) is 34.5 Å². The minimum absolute atomic E-state index is 0.156. The number of nitrogens with zero attached hydrogens (tertiary/aromatic N) is 6. The lowest BCUT2D eigenvalue weighted by atomic mass is 10.1. The van der Waals surface area contributed by atoms with Crippen LogP contribution in [0.1, 0.15) is 57.8 Å². The summed E-state index contributed by atoms with van der Waals surface area (Å²) in [6.07, 6.45) is 8.65. The smallest absolute Gasteiger partial charge is 0.345 e. The van der Waals surface area contributed by atoms with Crippen LogP contribution in [-0.4, -0.2) is 51.3 Å². The summed E-state index contributed by atoms with van der Waals surface area (Å²) in [5.41, 5.74) is -0.143. The molecule has 0 radical (unpaired) electrons. The quantitative estimate of drug-likeness (QED) is 0.136. The van der Waals surface area contributed by atoms with Gasteiger partial charge in [-0.15, -0.1) is 0 Å². The maximum Gasteiger partial charge on any atom is 0.805 e. The van der Waals surface area contributed by atoms with Crippen LogP contribution in [0.3, 0.4) is 0 Å². The van der Waals surface area contributed by atoms with Crippen molar-refractivity contribution in [2.24, 2.45) is 0 Å². The molecule has 0 spiro atoms. The van der Waals surface area contributed by atoms with E-state index in [0.717, 1.165) is 0 Å². The van der Waals surface area contributed by atoms with Crippen LogP contribution in [0.4, 0.5) is 0 Å². The van der Waals surface area contributed by atoms with Gasteiger partial charge in [0, 0.05) is 41.7 Å². The van der Waals surface area contributed by atoms with Gasteiger partial charge in [-0.25, -0.2) is 28.4 Å². The highest BCUT2D eigenvalue weighted by Crippen LogP contribution is 2.32. The van der Waals surface area contributed by atoms with E-state index in [1.165, 1.54) is 34.2 Å². The van der Waals surface area contributed by atoms with Crippen LogP contribution in [0.25, 0.3) is 11.9 Å². The highest BCUT2D eigenvalue weighted by atomic mass is 31.1. The first-order chi connectivity index (χ1) is 24.1. The van der Waals surface area contributed by atoms with E-state index in [1.54, 1.807) is 86.9 Å². The molecule has 50 heavy (non-hydrogen) atoms. The van der Waals surface area contributed by atoms with E-state index >= 15 is 0 Å². The maximum absolute atomic E-state index is 12.7. The van der Waals surface area contributed by atoms with Crippen molar-refractivity contribution in [3.8, 4) is 23.4 Å². The van der Waals surface area contributed by atoms with Gasteiger partial charge in [0.1, 0.15) is 11.1 Å². The van der Waals surface area contributed by atoms with Gasteiger partial charge in [-0.3, -0.25) is 29.1 Å². The Labute approximate surface area is 283 Å². The molecule has 0 saturated carbocycles. The number of benzene rings is 2. The highest BCUT2D eigenvalue weighted by Gasteiger charge is 2.25. The molecular formula is C32H28N10O7P+. The van der Waals surface area contributed by atoms with E-state index < -0.39 is 43.3 Å². The second-order valence-electron chi connectivity index (χ2n) is 10.7. The van der Waals surface area contributed by atoms with Crippen LogP contribution >= 0.6 is 8.25 Å². The summed E-state index contributed by atoms with van der Waals surface area (Å²) in [6.45, 7) is 3.48. The minimum atomic E-state index is -2.60. The molecule has 252 valence electrons. The number of amides is 2. The summed E-state index contributed by atoms with van der Waals surface area (Å²) in [5.74, 6) is -0.336. The topological polar surface area (TPSA) is 221 Å². The molecule has 4 N–H and O–H groups in total. The normalized spacial score (nSPS) is 12.4. The van der Waals surface area contributed by atoms with Crippen molar-refractivity contribution in [3.63, 3.8) is 0 Å². The molecule has 0 saturated heterocycles. The third-order valence-corrected chi connectivity index (χ3v) is 8.04. The number of H-pyrrole nitrogens is 2. The molecule has 2 atom stereocenters. The van der Waals surface area contributed by atoms with Crippen LogP contribution in [0.15, 0.2) is 107 Å². The molecule has 0 aliphatic carbocycles. The third-order valence-electron chi connectivity index (χ3n) is 7.32. The molecular weight excluding hydrogens is 667 g/mol. The summed E-state index contributed by atoms with van der Waals surface area (Å²) in [6, 6.07) is 15.4. The molecule has 0 fully saturated rings. The molecule has 2 aromatic carbocycles. The Balaban J connectivity index is 0.986. The predicted octanol–water partition coefficient (Wildman–Crippen LogP) is 3.32. The van der Waals surface area contributed by atoms with E-state index in [1.807, 2.05) is 0 Å². The van der Waals surface area contributed by atoms with Gasteiger partial charge >= 0.3 is 8.25 Å². The fraction of sp³-hybridized carbons (Fsp3) is 0.125. The van der Waals surface area contributed by atoms with Gasteiger partial charge in [-0.05, 0) is 61.4 Å². The SMILES string of the molecule is CC(NC(=O)c1cnc(-n2cccn2)[nH]c1=O)c1ccc(O[P+](=O)Oc2ccc(C(C)NC(=O)c3cnc(-n4cccn4)[nH]c3=O)cc2)cc1. The average molecular weight is 696 g/mol. The maximum atomic E-state index is 12.7. The first-order valence-electron chi connectivity index (χ1n) is 15.0. The fourth-order valence-electron chi connectivity index (χ4n) is 4.66. The zero-order chi connectivity index (χ0) is 35.2. The average Bonchev–Trinajstić information content (AvgIpc) is 3.85. The largest absolute Gasteiger partial charge is 0.805 e. The lowest BCUT2D eigenvalue weighted by Gasteiger charge is -2.14. The van der Waals surface area contributed by atoms with Crippen LogP contribution < -0.4 is 30.8 Å². The first kappa shape index (κ1) is 33.2. The Morgan fingerprint density at radius 3 is 1.44 bits per heavy atom. The monoisotopic (exact) mass is 695 g/mol. The third kappa shape index (κ3) is 7.69. The highest BCUT2D eigenvalue weighted by molar-refractivity contribution is 7.34. The van der Waals surface area contributed by atoms with Crippen molar-refractivity contribution in [2.75, 3.05) is 0 Å². The van der Waals surface area contributed by atoms with Crippen molar-refractivity contribution in [3.05, 3.63) is 141 Å². The van der Waals surface area contributed by atoms with E-state index in [9.17, 15) is 23.7 Å². The first-order valence-corrected chi connectivity index (χ1v) is 16.1. The molecule has 0 aliphatic heterocycles. The van der Waals surface area contributed by atoms with Crippen LogP contribution in [-0.2, 0) is 4.57 Å². The van der Waals surface area contributed by atoms with Crippen LogP contribution in [0.2, 0.25) is 0 Å². The van der Waals surface area contributed by atoms with Crippen molar-refractivity contribution in [1.29, 1.82) is 0 Å². The molecule has 0 bridgehead atoms. The van der Waals surface area contributed by atoms with E-state index in [4.69, 9.17) is 9.05 Å². The Bertz CT molecular complexity index is 2090. The zero-order valence-corrected chi connectivity index (χ0v) is 27.3. The molecule has 18 heteroatoms. The molecule has 2 amide bonds. The molecule has 6 aromatic rings. The fourth-order valence-corrected chi connectivity index (χ4v) is 5.28. The summed E-state index contributed by atoms with van der Waals surface area (Å²) in [7, 11) is -2.60. The van der Waals surface area contributed by atoms with Crippen molar-refractivity contribution in [1.82, 2.24) is 50.1 Å². The van der Waals surface area contributed by atoms with Crippen molar-refractivity contribution < 1.29 is 23.2 Å². The number of aromatic nitrogens is 8. The van der Waals surface area contributed by atoms with E-state index in [0.29, 0.717) is 11.1 Å². The lowest BCUT2D eigenvalue weighted by Crippen LogP contribution is -2.32. The van der Waals surface area contributed by atoms with Gasteiger partial charge in [0.15, 0.2) is 11.5 Å². The molecule has 4 aromatic heterocycles. The molecule has 6 rings (SSSR count). The Morgan fingerprint density at radius 2 is 1.10 bits per heavy atom. The molecule has 4 heterocycles. The van der Waals surface area contributed by atoms with Gasteiger partial charge in [0.05, 0.1) is 12.1 Å². The van der Waals surface area contributed by atoms with Crippen LogP contribution in [0, 0.1) is 0 Å². The number of rotatable bonds is 12. The summed E-state index contributed by atoms with van der Waals surface area (Å²) < 4.78 is 26.2. The second-order valence-corrected chi connectivity index (χ2v) is 11.5. The lowest BCUT2D eigenvalue weighted by molar-refractivity contribution is 0.0929. The standard InChI is InChI=1S/C32H27N10O7P/c1-19(37-27(43)25-17-33-31(39-29(25)45)41-15-3-13-35-41)21-5-9-23(10-6-21)48-50(47)49-24-11-7-22(8-12-24)20(2)38-28(44)26-18-34-32(40-30(26)46)42-16-4-14-36-42/h3-20H,1-2H3,(H3-,33,34,37,38,39,40,43,44,45,46)/p+1. The number of carbonyl (C=O) groups is 2. The number of nitrogens with one attached hydrogen (secondary N) is 4. The second kappa shape index (κ2) is 14.6. The predicted molar refractivity (Wildman–Crippen MR) is 177 cm³/mol. The number of hydrogen-bond donors (Lipinski definition) is 4. The van der Waals surface area contributed by atoms with Crippen molar-refractivity contribution in [2.45, 2.75) is 25.9 Å². The van der Waals surface area contributed by atoms with Gasteiger partial charge in [-0.2, -0.15) is 10.2 Å². The molecule has 0 aliphatic rings. The Morgan fingerprint density at radius 1 is 0.700 bits per heavy atom. The Hall–Kier alpha value is -6.74. The minimum Gasteiger partial charge on any atom is -0.345 e. The summed E-state index contributed by atoms with van der Waals surface area (Å²) in [5, 5.41) is 13.5. The van der Waals surface area contributed by atoms with E-state index in [2.05, 4.69) is 40.8 Å². The van der Waals surface area contributed by atoms with Gasteiger partial charge in [0.25, 0.3) is 22.9 Å². The van der Waals surface area contributed by atoms with Crippen LogP contribution in [0.5, 0.6) is 11.5 Å². The summed E-state index contributed by atoms with van der Waals surface area (Å²) in [4.78, 5) is 63.7. The van der Waals surface area contributed by atoms with Gasteiger partial charge in [0.2, 0.25) is 11.9 Å². The van der Waals surface area contributed by atoms with Crippen molar-refractivity contribution >= 4 is 20.1 Å². The number of carbonyl (C=O) groups excluding carboxylic acids is 2. The molecule has 2 unspecified atom stereocenters. The van der Waals surface area contributed by atoms with Gasteiger partial charge < -0.3 is 10.6 Å². The summed E-state index contributed by atoms with van der Waals surface area (Å²) >= 11 is 0. The zero-order valence-electron chi connectivity index (χ0n) is 26.4.